The lowest BCUT2D eigenvalue weighted by Gasteiger charge is -2.38. The molecule has 218 valence electrons. The Kier molecular flexibility index (Phi) is 8.05. The molecule has 6 aromatic rings. The van der Waals surface area contributed by atoms with Gasteiger partial charge in [-0.3, -0.25) is 4.57 Å². The minimum atomic E-state index is 0.0927. The van der Waals surface area contributed by atoms with Crippen LogP contribution in [0.2, 0.25) is 0 Å². The summed E-state index contributed by atoms with van der Waals surface area (Å²) in [5.41, 5.74) is 16.0. The number of rotatable bonds is 7. The summed E-state index contributed by atoms with van der Waals surface area (Å²) in [7, 11) is 0. The molecule has 0 radical (unpaired) electrons. The highest BCUT2D eigenvalue weighted by atomic mass is 127. The molecule has 2 N–H and O–H groups in total. The number of para-hydroxylation sites is 1. The van der Waals surface area contributed by atoms with Crippen LogP contribution in [0.5, 0.6) is 0 Å². The number of nitrogens with zero attached hydrogens (tertiary/aromatic N) is 3. The summed E-state index contributed by atoms with van der Waals surface area (Å²) in [5, 5.41) is 1.22. The summed E-state index contributed by atoms with van der Waals surface area (Å²) < 4.78 is 3.08. The van der Waals surface area contributed by atoms with Crippen molar-refractivity contribution in [3.05, 3.63) is 144 Å². The average Bonchev–Trinajstić information content (AvgIpc) is 3.42. The first-order valence-corrected chi connectivity index (χ1v) is 16.9. The second-order valence-corrected chi connectivity index (χ2v) is 12.3. The zero-order valence-electron chi connectivity index (χ0n) is 24.7. The minimum Gasteiger partial charge on any atom is -0.405 e. The number of halogens is 1. The van der Waals surface area contributed by atoms with Gasteiger partial charge in [-0.05, 0) is 72.1 Å². The maximum atomic E-state index is 5.91. The van der Waals surface area contributed by atoms with Gasteiger partial charge in [-0.1, -0.05) is 127 Å². The van der Waals surface area contributed by atoms with Crippen molar-refractivity contribution in [2.75, 3.05) is 0 Å². The Morgan fingerprint density at radius 3 is 2.09 bits per heavy atom. The lowest BCUT2D eigenvalue weighted by molar-refractivity contribution is 0.346. The molecule has 0 unspecified atom stereocenters. The Hall–Kier alpha value is -4.23. The molecule has 3 heterocycles. The highest BCUT2D eigenvalue weighted by Crippen LogP contribution is 2.45. The summed E-state index contributed by atoms with van der Waals surface area (Å²) in [5.74, 6) is 0.846. The molecule has 0 bridgehead atoms. The van der Waals surface area contributed by atoms with Crippen LogP contribution in [0.1, 0.15) is 54.5 Å². The van der Waals surface area contributed by atoms with E-state index in [-0.39, 0.29) is 5.41 Å². The van der Waals surface area contributed by atoms with E-state index in [9.17, 15) is 0 Å². The largest absolute Gasteiger partial charge is 0.405 e. The third-order valence-corrected chi connectivity index (χ3v) is 9.91. The van der Waals surface area contributed by atoms with Crippen LogP contribution in [0.3, 0.4) is 0 Å². The van der Waals surface area contributed by atoms with E-state index in [1.807, 2.05) is 18.2 Å². The van der Waals surface area contributed by atoms with Crippen molar-refractivity contribution in [2.45, 2.75) is 41.9 Å². The smallest absolute Gasteiger partial charge is 0.138 e. The van der Waals surface area contributed by atoms with Gasteiger partial charge in [0.1, 0.15) is 5.82 Å². The van der Waals surface area contributed by atoms with Crippen molar-refractivity contribution in [1.29, 1.82) is 0 Å². The number of pyridine rings is 2. The predicted molar refractivity (Wildman–Crippen MR) is 191 cm³/mol. The number of nitrogens with two attached hydrogens (primary N) is 1. The van der Waals surface area contributed by atoms with Crippen LogP contribution in [0.25, 0.3) is 45.4 Å². The van der Waals surface area contributed by atoms with Crippen molar-refractivity contribution in [3.8, 4) is 28.5 Å². The van der Waals surface area contributed by atoms with Crippen molar-refractivity contribution >= 4 is 39.6 Å². The van der Waals surface area contributed by atoms with E-state index < -0.39 is 0 Å². The number of aromatic nitrogens is 3. The van der Waals surface area contributed by atoms with Crippen molar-refractivity contribution in [2.24, 2.45) is 5.73 Å². The second kappa shape index (κ2) is 12.4. The van der Waals surface area contributed by atoms with Gasteiger partial charge in [0, 0.05) is 20.8 Å². The molecule has 1 saturated carbocycles. The van der Waals surface area contributed by atoms with Crippen molar-refractivity contribution < 1.29 is 0 Å². The maximum Gasteiger partial charge on any atom is 0.138 e. The molecule has 0 spiro atoms. The van der Waals surface area contributed by atoms with Crippen LogP contribution in [-0.4, -0.2) is 14.5 Å². The summed E-state index contributed by atoms with van der Waals surface area (Å²) in [6.07, 6.45) is 9.85. The third-order valence-electron chi connectivity index (χ3n) is 9.15. The average molecular weight is 687 g/mol. The fourth-order valence-corrected chi connectivity index (χ4v) is 7.83. The van der Waals surface area contributed by atoms with Gasteiger partial charge in [0.05, 0.1) is 28.3 Å². The van der Waals surface area contributed by atoms with E-state index in [1.54, 1.807) is 6.20 Å². The van der Waals surface area contributed by atoms with Gasteiger partial charge >= 0.3 is 0 Å². The van der Waals surface area contributed by atoms with Crippen LogP contribution >= 0.6 is 22.6 Å². The molecule has 7 rings (SSSR count). The third kappa shape index (κ3) is 5.13. The van der Waals surface area contributed by atoms with Gasteiger partial charge in [0.2, 0.25) is 0 Å². The van der Waals surface area contributed by atoms with Crippen LogP contribution in [0.15, 0.2) is 121 Å². The highest BCUT2D eigenvalue weighted by molar-refractivity contribution is 14.1. The molecule has 4 nitrogen and oxygen atoms in total. The number of alkyl halides is 1. The Morgan fingerprint density at radius 2 is 1.34 bits per heavy atom. The van der Waals surface area contributed by atoms with Gasteiger partial charge in [-0.15, -0.1) is 0 Å². The van der Waals surface area contributed by atoms with E-state index in [2.05, 4.69) is 130 Å². The predicted octanol–water partition coefficient (Wildman–Crippen LogP) is 9.87. The molecule has 0 saturated heterocycles. The lowest BCUT2D eigenvalue weighted by Crippen LogP contribution is -2.30. The number of hydrogen-bond acceptors (Lipinski definition) is 3. The van der Waals surface area contributed by atoms with E-state index >= 15 is 0 Å². The summed E-state index contributed by atoms with van der Waals surface area (Å²) in [4.78, 5) is 10.2. The normalized spacial score (nSPS) is 14.8. The van der Waals surface area contributed by atoms with E-state index in [0.717, 1.165) is 44.1 Å². The molecule has 1 fully saturated rings. The van der Waals surface area contributed by atoms with Crippen molar-refractivity contribution in [1.82, 2.24) is 14.5 Å². The van der Waals surface area contributed by atoms with Gasteiger partial charge < -0.3 is 5.73 Å². The van der Waals surface area contributed by atoms with Crippen LogP contribution in [0, 0.1) is 0 Å². The molecule has 0 amide bonds. The zero-order valence-corrected chi connectivity index (χ0v) is 26.8. The first-order chi connectivity index (χ1) is 21.7. The first-order valence-electron chi connectivity index (χ1n) is 15.4. The fourth-order valence-electron chi connectivity index (χ4n) is 7.03. The summed E-state index contributed by atoms with van der Waals surface area (Å²) >= 11 is 2.42. The number of benzene rings is 3. The van der Waals surface area contributed by atoms with E-state index in [1.165, 1.54) is 54.2 Å². The minimum absolute atomic E-state index is 0.0927. The fraction of sp³-hybridized carbons (Fsp3) is 0.179. The molecule has 0 aliphatic heterocycles. The topological polar surface area (TPSA) is 56.7 Å². The Morgan fingerprint density at radius 1 is 0.682 bits per heavy atom. The summed E-state index contributed by atoms with van der Waals surface area (Å²) in [6.45, 7) is 0. The first kappa shape index (κ1) is 28.5. The van der Waals surface area contributed by atoms with Crippen molar-refractivity contribution in [3.63, 3.8) is 0 Å². The maximum absolute atomic E-state index is 5.91. The Labute approximate surface area is 272 Å². The SMILES string of the molecule is N/C=C\c1c(CI)c2ccccc2n1-c1cccc(-c2cccc(-c3ccc(C4(c5ccccc5)CCCCC4)cc3)n2)n1. The van der Waals surface area contributed by atoms with Gasteiger partial charge in [0.15, 0.2) is 0 Å². The summed E-state index contributed by atoms with van der Waals surface area (Å²) in [6, 6.07) is 41.1. The van der Waals surface area contributed by atoms with Gasteiger partial charge in [-0.2, -0.15) is 0 Å². The molecular formula is C39H35IN4. The number of fused-ring (bicyclic) bond motifs is 1. The molecule has 1 aliphatic carbocycles. The zero-order chi connectivity index (χ0) is 29.9. The Bertz CT molecular complexity index is 1930. The Balaban J connectivity index is 1.24. The molecule has 0 atom stereocenters. The van der Waals surface area contributed by atoms with Crippen LogP contribution < -0.4 is 5.73 Å². The van der Waals surface area contributed by atoms with Gasteiger partial charge in [-0.25, -0.2) is 9.97 Å². The molecule has 1 aliphatic rings. The molecular weight excluding hydrogens is 651 g/mol. The van der Waals surface area contributed by atoms with Gasteiger partial charge in [0.25, 0.3) is 0 Å². The monoisotopic (exact) mass is 686 g/mol. The second-order valence-electron chi connectivity index (χ2n) is 11.6. The van der Waals surface area contributed by atoms with E-state index in [4.69, 9.17) is 15.7 Å². The standard InChI is InChI=1S/C39H35IN4/c40-27-32-31-13-5-6-17-36(31)44(37(32)23-26-41)38-18-10-16-35(43-38)34-15-9-14-33(42-34)28-19-21-30(22-20-28)39(24-7-2-8-25-39)29-11-3-1-4-12-29/h1,3-6,9-23,26H,2,7-8,24-25,27,41H2/b26-23-. The molecule has 3 aromatic heterocycles. The van der Waals surface area contributed by atoms with E-state index in [0.29, 0.717) is 0 Å². The quantitative estimate of drug-likeness (QED) is 0.134. The molecule has 5 heteroatoms. The highest BCUT2D eigenvalue weighted by Gasteiger charge is 2.35. The lowest BCUT2D eigenvalue weighted by atomic mass is 9.65. The van der Waals surface area contributed by atoms with Crippen LogP contribution in [-0.2, 0) is 9.84 Å². The molecule has 44 heavy (non-hydrogen) atoms. The molecule has 3 aromatic carbocycles. The van der Waals surface area contributed by atoms with Crippen LogP contribution in [0.4, 0.5) is 0 Å². The number of hydrogen-bond donors (Lipinski definition) is 1.